The average molecular weight is 319 g/mol. The summed E-state index contributed by atoms with van der Waals surface area (Å²) in [7, 11) is 0. The van der Waals surface area contributed by atoms with Crippen LogP contribution in [0, 0.1) is 0 Å². The molecule has 0 radical (unpaired) electrons. The minimum absolute atomic E-state index is 0.158. The zero-order valence-corrected chi connectivity index (χ0v) is 12.6. The summed E-state index contributed by atoms with van der Waals surface area (Å²) in [5.74, 6) is -0.216. The fourth-order valence-corrected chi connectivity index (χ4v) is 2.56. The minimum Gasteiger partial charge on any atom is -0.378 e. The molecule has 0 spiro atoms. The summed E-state index contributed by atoms with van der Waals surface area (Å²) in [5, 5.41) is 3.46. The zero-order chi connectivity index (χ0) is 16.3. The van der Waals surface area contributed by atoms with Gasteiger partial charge in [0.1, 0.15) is 6.04 Å². The van der Waals surface area contributed by atoms with E-state index < -0.39 is 17.9 Å². The maximum atomic E-state index is 12.6. The van der Waals surface area contributed by atoms with Gasteiger partial charge in [-0.25, -0.2) is 0 Å². The normalized spacial score (nSPS) is 18.5. The Hall–Kier alpha value is -1.57. The van der Waals surface area contributed by atoms with Crippen LogP contribution < -0.4 is 0 Å². The van der Waals surface area contributed by atoms with Gasteiger partial charge in [0.15, 0.2) is 5.69 Å². The Bertz CT molecular complexity index is 508. The summed E-state index contributed by atoms with van der Waals surface area (Å²) in [6.45, 7) is 5.24. The maximum Gasteiger partial charge on any atom is 0.435 e. The van der Waals surface area contributed by atoms with E-state index in [1.54, 1.807) is 11.8 Å². The van der Waals surface area contributed by atoms with E-state index in [0.29, 0.717) is 19.7 Å². The molecular formula is C14H20F3N3O2. The molecule has 5 nitrogen and oxygen atoms in total. The highest BCUT2D eigenvalue weighted by Gasteiger charge is 2.35. The molecule has 2 rings (SSSR count). The molecule has 22 heavy (non-hydrogen) atoms. The van der Waals surface area contributed by atoms with Crippen molar-refractivity contribution in [1.82, 2.24) is 14.7 Å². The number of nitrogens with zero attached hydrogens (tertiary/aromatic N) is 3. The highest BCUT2D eigenvalue weighted by atomic mass is 19.4. The standard InChI is InChI=1S/C14H20F3N3O2/c1-3-22-11-4-7-19(8-5-11)13(21)10(2)20-9-6-12(18-20)14(15,16)17/h6,9-11H,3-5,7-8H2,1-2H3. The summed E-state index contributed by atoms with van der Waals surface area (Å²) >= 11 is 0. The van der Waals surface area contributed by atoms with E-state index in [-0.39, 0.29) is 12.0 Å². The lowest BCUT2D eigenvalue weighted by Crippen LogP contribution is -2.43. The second kappa shape index (κ2) is 6.68. The molecule has 0 bridgehead atoms. The molecule has 124 valence electrons. The molecule has 0 aromatic carbocycles. The first kappa shape index (κ1) is 16.8. The number of hydrogen-bond acceptors (Lipinski definition) is 3. The van der Waals surface area contributed by atoms with E-state index in [2.05, 4.69) is 5.10 Å². The third-order valence-corrected chi connectivity index (χ3v) is 3.81. The highest BCUT2D eigenvalue weighted by Crippen LogP contribution is 2.28. The molecule has 1 aliphatic rings. The van der Waals surface area contributed by atoms with Gasteiger partial charge in [0.25, 0.3) is 0 Å². The van der Waals surface area contributed by atoms with Gasteiger partial charge in [0.05, 0.1) is 6.10 Å². The summed E-state index contributed by atoms with van der Waals surface area (Å²) in [5.41, 5.74) is -0.984. The highest BCUT2D eigenvalue weighted by molar-refractivity contribution is 5.80. The molecule has 1 unspecified atom stereocenters. The SMILES string of the molecule is CCOC1CCN(C(=O)C(C)n2ccc(C(F)(F)F)n2)CC1. The number of likely N-dealkylation sites (tertiary alicyclic amines) is 1. The monoisotopic (exact) mass is 319 g/mol. The van der Waals surface area contributed by atoms with Gasteiger partial charge < -0.3 is 9.64 Å². The first-order chi connectivity index (χ1) is 10.3. The molecule has 1 aromatic heterocycles. The van der Waals surface area contributed by atoms with Crippen LogP contribution >= 0.6 is 0 Å². The number of ether oxygens (including phenoxy) is 1. The lowest BCUT2D eigenvalue weighted by molar-refractivity contribution is -0.143. The molecule has 1 fully saturated rings. The number of piperidine rings is 1. The van der Waals surface area contributed by atoms with Gasteiger partial charge >= 0.3 is 6.18 Å². The molecule has 1 aliphatic heterocycles. The van der Waals surface area contributed by atoms with Gasteiger partial charge in [-0.2, -0.15) is 18.3 Å². The molecule has 2 heterocycles. The van der Waals surface area contributed by atoms with Gasteiger partial charge in [0.2, 0.25) is 5.91 Å². The summed E-state index contributed by atoms with van der Waals surface area (Å²) in [6, 6.07) is 0.130. The lowest BCUT2D eigenvalue weighted by Gasteiger charge is -2.33. The van der Waals surface area contributed by atoms with Gasteiger partial charge in [-0.3, -0.25) is 9.48 Å². The van der Waals surface area contributed by atoms with E-state index in [9.17, 15) is 18.0 Å². The molecule has 1 aromatic rings. The van der Waals surface area contributed by atoms with E-state index in [1.165, 1.54) is 6.20 Å². The molecule has 0 aliphatic carbocycles. The molecule has 1 amide bonds. The summed E-state index contributed by atoms with van der Waals surface area (Å²) in [6.07, 6.45) is -1.65. The molecule has 0 N–H and O–H groups in total. The fourth-order valence-electron chi connectivity index (χ4n) is 2.56. The average Bonchev–Trinajstić information content (AvgIpc) is 2.97. The number of hydrogen-bond donors (Lipinski definition) is 0. The first-order valence-corrected chi connectivity index (χ1v) is 7.35. The third-order valence-electron chi connectivity index (χ3n) is 3.81. The Kier molecular flexibility index (Phi) is 5.10. The van der Waals surface area contributed by atoms with Crippen molar-refractivity contribution in [3.63, 3.8) is 0 Å². The topological polar surface area (TPSA) is 47.4 Å². The Morgan fingerprint density at radius 3 is 2.59 bits per heavy atom. The Morgan fingerprint density at radius 1 is 1.45 bits per heavy atom. The van der Waals surface area contributed by atoms with Crippen molar-refractivity contribution in [2.45, 2.75) is 45.0 Å². The van der Waals surface area contributed by atoms with E-state index in [0.717, 1.165) is 23.6 Å². The zero-order valence-electron chi connectivity index (χ0n) is 12.6. The van der Waals surface area contributed by atoms with Crippen LogP contribution in [0.5, 0.6) is 0 Å². The number of halogens is 3. The molecular weight excluding hydrogens is 299 g/mol. The minimum atomic E-state index is -4.50. The molecule has 8 heteroatoms. The van der Waals surface area contributed by atoms with Crippen LogP contribution in [0.25, 0.3) is 0 Å². The van der Waals surface area contributed by atoms with Crippen molar-refractivity contribution in [1.29, 1.82) is 0 Å². The van der Waals surface area contributed by atoms with Gasteiger partial charge in [-0.05, 0) is 32.8 Å². The van der Waals surface area contributed by atoms with Crippen molar-refractivity contribution in [2.75, 3.05) is 19.7 Å². The first-order valence-electron chi connectivity index (χ1n) is 7.35. The van der Waals surface area contributed by atoms with E-state index in [1.807, 2.05) is 6.92 Å². The summed E-state index contributed by atoms with van der Waals surface area (Å²) in [4.78, 5) is 14.0. The van der Waals surface area contributed by atoms with Crippen LogP contribution in [0.4, 0.5) is 13.2 Å². The largest absolute Gasteiger partial charge is 0.435 e. The third kappa shape index (κ3) is 3.79. The Labute approximate surface area is 127 Å². The number of aromatic nitrogens is 2. The number of alkyl halides is 3. The van der Waals surface area contributed by atoms with Crippen molar-refractivity contribution < 1.29 is 22.7 Å². The van der Waals surface area contributed by atoms with Crippen LogP contribution in [0.1, 0.15) is 38.4 Å². The Balaban J connectivity index is 1.96. The van der Waals surface area contributed by atoms with Crippen molar-refractivity contribution in [3.8, 4) is 0 Å². The molecule has 0 saturated carbocycles. The fraction of sp³-hybridized carbons (Fsp3) is 0.714. The predicted octanol–water partition coefficient (Wildman–Crippen LogP) is 2.49. The number of carbonyl (C=O) groups is 1. The van der Waals surface area contributed by atoms with Crippen molar-refractivity contribution in [3.05, 3.63) is 18.0 Å². The maximum absolute atomic E-state index is 12.6. The van der Waals surface area contributed by atoms with E-state index in [4.69, 9.17) is 4.74 Å². The summed E-state index contributed by atoms with van der Waals surface area (Å²) < 4.78 is 44.2. The second-order valence-electron chi connectivity index (χ2n) is 5.33. The lowest BCUT2D eigenvalue weighted by atomic mass is 10.1. The van der Waals surface area contributed by atoms with Crippen LogP contribution in [0.3, 0.4) is 0 Å². The quantitative estimate of drug-likeness (QED) is 0.856. The van der Waals surface area contributed by atoms with Crippen LogP contribution in [0.15, 0.2) is 12.3 Å². The molecule has 1 saturated heterocycles. The second-order valence-corrected chi connectivity index (χ2v) is 5.33. The van der Waals surface area contributed by atoms with Crippen molar-refractivity contribution >= 4 is 5.91 Å². The van der Waals surface area contributed by atoms with Gasteiger partial charge in [-0.1, -0.05) is 0 Å². The van der Waals surface area contributed by atoms with Gasteiger partial charge in [0, 0.05) is 25.9 Å². The van der Waals surface area contributed by atoms with Crippen LogP contribution in [-0.4, -0.2) is 46.4 Å². The number of carbonyl (C=O) groups excluding carboxylic acids is 1. The number of rotatable bonds is 4. The predicted molar refractivity (Wildman–Crippen MR) is 73.2 cm³/mol. The van der Waals surface area contributed by atoms with E-state index >= 15 is 0 Å². The molecule has 1 atom stereocenters. The van der Waals surface area contributed by atoms with Gasteiger partial charge in [-0.15, -0.1) is 0 Å². The van der Waals surface area contributed by atoms with Crippen LogP contribution in [-0.2, 0) is 15.7 Å². The number of amides is 1. The smallest absolute Gasteiger partial charge is 0.378 e. The van der Waals surface area contributed by atoms with Crippen LogP contribution in [0.2, 0.25) is 0 Å². The Morgan fingerprint density at radius 2 is 2.09 bits per heavy atom. The van der Waals surface area contributed by atoms with Crippen molar-refractivity contribution in [2.24, 2.45) is 0 Å².